The first-order valence-corrected chi connectivity index (χ1v) is 11.8. The van der Waals surface area contributed by atoms with E-state index in [-0.39, 0.29) is 5.91 Å². The normalized spacial score (nSPS) is 15.1. The Morgan fingerprint density at radius 1 is 1.12 bits per heavy atom. The summed E-state index contributed by atoms with van der Waals surface area (Å²) in [5.74, 6) is 1.67. The number of aromatic nitrogens is 3. The first-order valence-electron chi connectivity index (χ1n) is 10.8. The van der Waals surface area contributed by atoms with Gasteiger partial charge in [0.05, 0.1) is 5.69 Å². The Balaban J connectivity index is 1.93. The van der Waals surface area contributed by atoms with E-state index in [1.807, 2.05) is 24.3 Å². The Kier molecular flexibility index (Phi) is 6.20. The van der Waals surface area contributed by atoms with Gasteiger partial charge in [0.25, 0.3) is 0 Å². The first-order chi connectivity index (χ1) is 15.3. The van der Waals surface area contributed by atoms with Crippen LogP contribution in [-0.4, -0.2) is 26.8 Å². The van der Waals surface area contributed by atoms with Crippen LogP contribution in [0.15, 0.2) is 41.6 Å². The third kappa shape index (κ3) is 4.21. The second kappa shape index (κ2) is 8.90. The predicted molar refractivity (Wildman–Crippen MR) is 128 cm³/mol. The molecule has 0 aliphatic carbocycles. The van der Waals surface area contributed by atoms with E-state index in [0.717, 1.165) is 33.7 Å². The molecule has 7 heteroatoms. The summed E-state index contributed by atoms with van der Waals surface area (Å²) in [6, 6.07) is 11.9. The monoisotopic (exact) mass is 448 g/mol. The van der Waals surface area contributed by atoms with Crippen molar-refractivity contribution in [3.63, 3.8) is 0 Å². The molecule has 166 valence electrons. The van der Waals surface area contributed by atoms with E-state index in [0.29, 0.717) is 22.6 Å². The highest BCUT2D eigenvalue weighted by molar-refractivity contribution is 7.99. The number of para-hydroxylation sites is 1. The average Bonchev–Trinajstić information content (AvgIpc) is 2.85. The van der Waals surface area contributed by atoms with E-state index in [2.05, 4.69) is 56.9 Å². The summed E-state index contributed by atoms with van der Waals surface area (Å²) in [7, 11) is 0. The summed E-state index contributed by atoms with van der Waals surface area (Å²) >= 11 is 1.56. The van der Waals surface area contributed by atoms with E-state index in [4.69, 9.17) is 9.72 Å². The van der Waals surface area contributed by atoms with Crippen molar-refractivity contribution in [1.82, 2.24) is 15.2 Å². The minimum absolute atomic E-state index is 0.114. The number of carbonyl (C=O) groups is 1. The maximum Gasteiger partial charge on any atom is 0.247 e. The number of amides is 1. The quantitative estimate of drug-likeness (QED) is 0.480. The molecule has 0 saturated heterocycles. The molecule has 1 atom stereocenters. The van der Waals surface area contributed by atoms with Crippen molar-refractivity contribution in [2.45, 2.75) is 52.9 Å². The third-order valence-electron chi connectivity index (χ3n) is 5.38. The fourth-order valence-electron chi connectivity index (χ4n) is 4.12. The van der Waals surface area contributed by atoms with Gasteiger partial charge in [0, 0.05) is 23.8 Å². The highest BCUT2D eigenvalue weighted by Gasteiger charge is 2.36. The molecule has 2 aromatic carbocycles. The predicted octanol–water partition coefficient (Wildman–Crippen LogP) is 5.66. The fourth-order valence-corrected chi connectivity index (χ4v) is 4.85. The van der Waals surface area contributed by atoms with Gasteiger partial charge in [0.2, 0.25) is 23.2 Å². The Morgan fingerprint density at radius 2 is 1.81 bits per heavy atom. The van der Waals surface area contributed by atoms with E-state index < -0.39 is 6.23 Å². The van der Waals surface area contributed by atoms with Crippen LogP contribution >= 0.6 is 11.8 Å². The average molecular weight is 449 g/mol. The lowest BCUT2D eigenvalue weighted by Gasteiger charge is -2.32. The van der Waals surface area contributed by atoms with E-state index in [1.165, 1.54) is 5.56 Å². The summed E-state index contributed by atoms with van der Waals surface area (Å²) < 4.78 is 6.53. The molecule has 0 saturated carbocycles. The lowest BCUT2D eigenvalue weighted by atomic mass is 9.97. The number of fused-ring (bicyclic) bond motifs is 3. The minimum Gasteiger partial charge on any atom is -0.447 e. The molecule has 1 aromatic heterocycles. The lowest BCUT2D eigenvalue weighted by molar-refractivity contribution is -0.118. The van der Waals surface area contributed by atoms with Crippen LogP contribution in [0.4, 0.5) is 5.69 Å². The maximum absolute atomic E-state index is 13.0. The van der Waals surface area contributed by atoms with Crippen LogP contribution < -0.4 is 9.64 Å². The zero-order chi connectivity index (χ0) is 23.0. The van der Waals surface area contributed by atoms with Crippen molar-refractivity contribution in [1.29, 1.82) is 0 Å². The van der Waals surface area contributed by atoms with Crippen molar-refractivity contribution >= 4 is 23.4 Å². The molecule has 1 aliphatic rings. The van der Waals surface area contributed by atoms with Gasteiger partial charge >= 0.3 is 0 Å². The smallest absolute Gasteiger partial charge is 0.247 e. The molecule has 2 heterocycles. The number of aryl methyl sites for hydroxylation is 3. The van der Waals surface area contributed by atoms with E-state index in [1.54, 1.807) is 23.6 Å². The highest BCUT2D eigenvalue weighted by atomic mass is 32.2. The van der Waals surface area contributed by atoms with Gasteiger partial charge in [-0.25, -0.2) is 0 Å². The molecular weight excluding hydrogens is 420 g/mol. The molecule has 32 heavy (non-hydrogen) atoms. The van der Waals surface area contributed by atoms with E-state index >= 15 is 0 Å². The van der Waals surface area contributed by atoms with Crippen LogP contribution in [0.5, 0.6) is 5.88 Å². The number of thioether (sulfide) groups is 1. The van der Waals surface area contributed by atoms with Crippen molar-refractivity contribution in [2.24, 2.45) is 5.92 Å². The number of ether oxygens (including phenoxy) is 1. The molecule has 4 rings (SSSR count). The number of carbonyl (C=O) groups excluding carboxylic acids is 1. The van der Waals surface area contributed by atoms with Crippen LogP contribution in [0.25, 0.3) is 11.3 Å². The summed E-state index contributed by atoms with van der Waals surface area (Å²) in [5.41, 5.74) is 6.33. The van der Waals surface area contributed by atoms with Gasteiger partial charge in [-0.2, -0.15) is 4.98 Å². The fraction of sp³-hybridized carbons (Fsp3) is 0.360. The number of anilines is 1. The molecular formula is C25H28N4O2S. The van der Waals surface area contributed by atoms with Gasteiger partial charge in [-0.1, -0.05) is 61.5 Å². The molecule has 6 nitrogen and oxygen atoms in total. The number of hydrogen-bond donors (Lipinski definition) is 0. The van der Waals surface area contributed by atoms with Crippen molar-refractivity contribution in [3.05, 3.63) is 58.7 Å². The molecule has 1 unspecified atom stereocenters. The van der Waals surface area contributed by atoms with Crippen LogP contribution in [0.3, 0.4) is 0 Å². The van der Waals surface area contributed by atoms with Gasteiger partial charge in [0.15, 0.2) is 5.69 Å². The zero-order valence-corrected chi connectivity index (χ0v) is 20.2. The largest absolute Gasteiger partial charge is 0.447 e. The molecule has 3 aromatic rings. The molecule has 0 N–H and O–H groups in total. The van der Waals surface area contributed by atoms with Crippen molar-refractivity contribution in [3.8, 4) is 17.1 Å². The summed E-state index contributed by atoms with van der Waals surface area (Å²) in [4.78, 5) is 19.4. The van der Waals surface area contributed by atoms with Crippen molar-refractivity contribution < 1.29 is 9.53 Å². The second-order valence-electron chi connectivity index (χ2n) is 8.64. The minimum atomic E-state index is -0.657. The van der Waals surface area contributed by atoms with Gasteiger partial charge in [-0.3, -0.25) is 9.69 Å². The first kappa shape index (κ1) is 22.3. The van der Waals surface area contributed by atoms with Crippen LogP contribution in [0.1, 0.15) is 49.3 Å². The molecule has 0 bridgehead atoms. The zero-order valence-electron chi connectivity index (χ0n) is 19.3. The summed E-state index contributed by atoms with van der Waals surface area (Å²) in [5, 5.41) is 9.39. The topological polar surface area (TPSA) is 68.2 Å². The summed E-state index contributed by atoms with van der Waals surface area (Å²) in [6.07, 6.45) is -0.657. The van der Waals surface area contributed by atoms with Crippen LogP contribution in [0.2, 0.25) is 0 Å². The number of benzene rings is 2. The van der Waals surface area contributed by atoms with E-state index in [9.17, 15) is 4.79 Å². The lowest BCUT2D eigenvalue weighted by Crippen LogP contribution is -2.37. The van der Waals surface area contributed by atoms with Crippen LogP contribution in [-0.2, 0) is 4.79 Å². The van der Waals surface area contributed by atoms with Gasteiger partial charge in [-0.05, 0) is 43.9 Å². The Hall–Kier alpha value is -2.93. The highest BCUT2D eigenvalue weighted by Crippen LogP contribution is 2.44. The standard InChI is InChI=1S/C25H28N4O2S/c1-14(2)13-32-25-26-23-22(27-28-25)19-9-7-8-10-20(19)29(18(6)30)24(31-23)21-16(4)11-15(3)12-17(21)5/h7-12,14,24H,13H2,1-6H3. The summed E-state index contributed by atoms with van der Waals surface area (Å²) in [6.45, 7) is 12.0. The molecule has 0 spiro atoms. The van der Waals surface area contributed by atoms with Gasteiger partial charge < -0.3 is 4.74 Å². The third-order valence-corrected chi connectivity index (χ3v) is 6.65. The van der Waals surface area contributed by atoms with Crippen molar-refractivity contribution in [2.75, 3.05) is 10.7 Å². The molecule has 0 fully saturated rings. The maximum atomic E-state index is 13.0. The molecule has 0 radical (unpaired) electrons. The van der Waals surface area contributed by atoms with Crippen LogP contribution in [0, 0.1) is 26.7 Å². The Labute approximate surface area is 193 Å². The molecule has 1 aliphatic heterocycles. The number of hydrogen-bond acceptors (Lipinski definition) is 6. The van der Waals surface area contributed by atoms with Gasteiger partial charge in [0.1, 0.15) is 0 Å². The Morgan fingerprint density at radius 3 is 2.47 bits per heavy atom. The Bertz CT molecular complexity index is 1160. The number of nitrogens with zero attached hydrogens (tertiary/aromatic N) is 4. The SMILES string of the molecule is CC(=O)N1c2ccccc2-c2nnc(SCC(C)C)nc2OC1c1c(C)cc(C)cc1C. The van der Waals surface area contributed by atoms with Gasteiger partial charge in [-0.15, -0.1) is 10.2 Å². The molecule has 1 amide bonds. The second-order valence-corrected chi connectivity index (χ2v) is 9.63. The number of rotatable bonds is 4.